The van der Waals surface area contributed by atoms with Crippen LogP contribution in [0.25, 0.3) is 10.8 Å². The minimum absolute atomic E-state index is 0. The van der Waals surface area contributed by atoms with Gasteiger partial charge in [0.05, 0.1) is 6.10 Å². The fourth-order valence-corrected chi connectivity index (χ4v) is 4.13. The number of hydrogen-bond donors (Lipinski definition) is 0. The fourth-order valence-electron chi connectivity index (χ4n) is 2.79. The normalized spacial score (nSPS) is 17.1. The van der Waals surface area contributed by atoms with Crippen LogP contribution in [0, 0.1) is 0 Å². The van der Waals surface area contributed by atoms with Gasteiger partial charge in [0.15, 0.2) is 0 Å². The highest BCUT2D eigenvalue weighted by Crippen LogP contribution is 2.44. The number of fused-ring (bicyclic) bond motifs is 1. The highest BCUT2D eigenvalue weighted by Gasteiger charge is 2.21. The Morgan fingerprint density at radius 3 is 2.57 bits per heavy atom. The average Bonchev–Trinajstić information content (AvgIpc) is 3.01. The van der Waals surface area contributed by atoms with E-state index in [0.29, 0.717) is 11.0 Å². The van der Waals surface area contributed by atoms with E-state index in [-0.39, 0.29) is 10.8 Å². The summed E-state index contributed by atoms with van der Waals surface area (Å²) in [4.78, 5) is 11.8. The van der Waals surface area contributed by atoms with Crippen LogP contribution in [0.5, 0.6) is 5.75 Å². The number of hydrogen-bond acceptors (Lipinski definition) is 4. The molecule has 1 saturated heterocycles. The van der Waals surface area contributed by atoms with Crippen LogP contribution in [0.2, 0.25) is 0 Å². The van der Waals surface area contributed by atoms with Gasteiger partial charge in [0.1, 0.15) is 5.75 Å². The second kappa shape index (κ2) is 7.68. The van der Waals surface area contributed by atoms with Crippen molar-refractivity contribution < 1.29 is 19.0 Å². The summed E-state index contributed by atoms with van der Waals surface area (Å²) in [5.74, 6) is 1.78. The molecule has 1 aliphatic rings. The zero-order valence-electron chi connectivity index (χ0n) is 13.3. The second-order valence-corrected chi connectivity index (χ2v) is 7.03. The van der Waals surface area contributed by atoms with Crippen LogP contribution in [-0.4, -0.2) is 18.0 Å². The molecule has 0 spiro atoms. The van der Waals surface area contributed by atoms with E-state index in [2.05, 4.69) is 12.1 Å². The van der Waals surface area contributed by atoms with Gasteiger partial charge in [-0.3, -0.25) is 4.70 Å². The molecular weight excluding hydrogens is 315 g/mol. The Bertz CT molecular complexity index is 681. The number of thioether (sulfide) groups is 1. The van der Waals surface area contributed by atoms with Crippen molar-refractivity contribution >= 4 is 28.7 Å². The van der Waals surface area contributed by atoms with E-state index in [9.17, 15) is 4.79 Å². The lowest BCUT2D eigenvalue weighted by Crippen LogP contribution is -2.15. The molecule has 0 saturated carbocycles. The minimum Gasteiger partial charge on any atom is -0.431 e. The van der Waals surface area contributed by atoms with E-state index >= 15 is 0 Å². The summed E-state index contributed by atoms with van der Waals surface area (Å²) >= 11 is 2.01. The van der Waals surface area contributed by atoms with Gasteiger partial charge in [0.2, 0.25) is 0 Å². The van der Waals surface area contributed by atoms with Crippen LogP contribution >= 0.6 is 11.8 Å². The molecule has 2 aromatic carbocycles. The predicted octanol–water partition coefficient (Wildman–Crippen LogP) is 5.48. The number of benzene rings is 2. The maximum atomic E-state index is 11.8. The van der Waals surface area contributed by atoms with Crippen molar-refractivity contribution in [1.82, 2.24) is 0 Å². The van der Waals surface area contributed by atoms with Crippen molar-refractivity contribution in [3.8, 4) is 5.75 Å². The molecule has 0 radical (unpaired) electrons. The van der Waals surface area contributed by atoms with E-state index in [1.807, 2.05) is 36.0 Å². The third-order valence-electron chi connectivity index (χ3n) is 3.72. The first-order valence-electron chi connectivity index (χ1n) is 7.67. The molecule has 1 aliphatic heterocycles. The number of halogens is 1. The van der Waals surface area contributed by atoms with Crippen molar-refractivity contribution in [3.63, 3.8) is 0 Å². The van der Waals surface area contributed by atoms with Gasteiger partial charge in [-0.25, -0.2) is 4.79 Å². The number of ether oxygens (including phenoxy) is 2. The minimum atomic E-state index is -0.650. The molecule has 0 bridgehead atoms. The van der Waals surface area contributed by atoms with Gasteiger partial charge in [-0.05, 0) is 49.5 Å². The van der Waals surface area contributed by atoms with E-state index in [1.165, 1.54) is 24.2 Å². The predicted molar refractivity (Wildman–Crippen MR) is 93.1 cm³/mol. The first-order chi connectivity index (χ1) is 10.6. The van der Waals surface area contributed by atoms with Crippen LogP contribution in [-0.2, 0) is 4.74 Å². The van der Waals surface area contributed by atoms with Crippen LogP contribution in [0.4, 0.5) is 9.50 Å². The van der Waals surface area contributed by atoms with Gasteiger partial charge < -0.3 is 9.47 Å². The molecule has 1 atom stereocenters. The molecule has 5 heteroatoms. The van der Waals surface area contributed by atoms with E-state index < -0.39 is 6.16 Å². The van der Waals surface area contributed by atoms with Gasteiger partial charge in [0.25, 0.3) is 0 Å². The molecule has 0 aromatic heterocycles. The second-order valence-electron chi connectivity index (χ2n) is 5.72. The summed E-state index contributed by atoms with van der Waals surface area (Å²) in [6, 6.07) is 12.1. The molecule has 0 aliphatic carbocycles. The Hall–Kier alpha value is -1.75. The molecule has 2 aromatic rings. The molecule has 1 fully saturated rings. The lowest BCUT2D eigenvalue weighted by Gasteiger charge is -2.15. The zero-order valence-corrected chi connectivity index (χ0v) is 14.1. The summed E-state index contributed by atoms with van der Waals surface area (Å²) in [6.45, 7) is 3.61. The Kier molecular flexibility index (Phi) is 5.88. The van der Waals surface area contributed by atoms with Crippen LogP contribution < -0.4 is 4.74 Å². The summed E-state index contributed by atoms with van der Waals surface area (Å²) in [5.41, 5.74) is 1.34. The monoisotopic (exact) mass is 336 g/mol. The Labute approximate surface area is 139 Å². The van der Waals surface area contributed by atoms with Gasteiger partial charge in [-0.2, -0.15) is 11.8 Å². The largest absolute Gasteiger partial charge is 0.514 e. The number of rotatable bonds is 3. The maximum absolute atomic E-state index is 11.8. The van der Waals surface area contributed by atoms with Crippen LogP contribution in [0.15, 0.2) is 36.4 Å². The quantitative estimate of drug-likeness (QED) is 0.549. The van der Waals surface area contributed by atoms with E-state index in [0.717, 1.165) is 10.8 Å². The summed E-state index contributed by atoms with van der Waals surface area (Å²) in [5, 5.41) is 2.67. The molecule has 0 N–H and O–H groups in total. The molecule has 23 heavy (non-hydrogen) atoms. The molecule has 1 heterocycles. The number of carbonyl (C=O) groups is 1. The van der Waals surface area contributed by atoms with Gasteiger partial charge in [0, 0.05) is 10.6 Å². The molecule has 0 amide bonds. The first kappa shape index (κ1) is 17.6. The first-order valence-corrected chi connectivity index (χ1v) is 8.71. The van der Waals surface area contributed by atoms with Gasteiger partial charge >= 0.3 is 6.16 Å². The van der Waals surface area contributed by atoms with Gasteiger partial charge in [-0.1, -0.05) is 30.3 Å². The number of carbonyl (C=O) groups excluding carboxylic acids is 1. The van der Waals surface area contributed by atoms with Crippen LogP contribution in [0.3, 0.4) is 0 Å². The maximum Gasteiger partial charge on any atom is 0.514 e. The van der Waals surface area contributed by atoms with Crippen molar-refractivity contribution in [2.45, 2.75) is 38.0 Å². The summed E-state index contributed by atoms with van der Waals surface area (Å²) in [6.07, 6.45) is 1.64. The Morgan fingerprint density at radius 1 is 1.17 bits per heavy atom. The van der Waals surface area contributed by atoms with Gasteiger partial charge in [-0.15, -0.1) is 0 Å². The average molecular weight is 336 g/mol. The zero-order chi connectivity index (χ0) is 15.5. The van der Waals surface area contributed by atoms with Crippen molar-refractivity contribution in [1.29, 1.82) is 0 Å². The molecule has 3 nitrogen and oxygen atoms in total. The van der Waals surface area contributed by atoms with Crippen molar-refractivity contribution in [2.24, 2.45) is 0 Å². The lowest BCUT2D eigenvalue weighted by molar-refractivity contribution is 0.0733. The Morgan fingerprint density at radius 2 is 1.91 bits per heavy atom. The third-order valence-corrected chi connectivity index (χ3v) is 5.14. The van der Waals surface area contributed by atoms with E-state index in [1.54, 1.807) is 13.8 Å². The van der Waals surface area contributed by atoms with E-state index in [4.69, 9.17) is 9.47 Å². The molecule has 124 valence electrons. The van der Waals surface area contributed by atoms with Crippen LogP contribution in [0.1, 0.15) is 37.5 Å². The summed E-state index contributed by atoms with van der Waals surface area (Å²) < 4.78 is 10.5. The lowest BCUT2D eigenvalue weighted by atomic mass is 9.99. The van der Waals surface area contributed by atoms with Crippen molar-refractivity contribution in [2.75, 3.05) is 5.75 Å². The molecule has 1 unspecified atom stereocenters. The van der Waals surface area contributed by atoms with Crippen molar-refractivity contribution in [3.05, 3.63) is 42.0 Å². The molecular formula is C18H21FO3S. The SMILES string of the molecule is CC(C)OC(=O)Oc1ccc(C2CCCS2)c2ccccc12.F. The third kappa shape index (κ3) is 3.96. The standard InChI is InChI=1S/C18H20O3S.FH/c1-12(2)20-18(19)21-16-10-9-15(17-8-5-11-22-17)13-6-3-4-7-14(13)16;/h3-4,6-7,9-10,12,17H,5,8,11H2,1-2H3;1H. The topological polar surface area (TPSA) is 35.5 Å². The Balaban J connectivity index is 0.00000192. The highest BCUT2D eigenvalue weighted by atomic mass is 32.2. The smallest absolute Gasteiger partial charge is 0.431 e. The fraction of sp³-hybridized carbons (Fsp3) is 0.389. The molecule has 3 rings (SSSR count). The summed E-state index contributed by atoms with van der Waals surface area (Å²) in [7, 11) is 0. The highest BCUT2D eigenvalue weighted by molar-refractivity contribution is 7.99.